The molecule has 1 aliphatic heterocycles. The summed E-state index contributed by atoms with van der Waals surface area (Å²) in [5, 5.41) is 8.86. The number of benzene rings is 1. The first kappa shape index (κ1) is 11.7. The molecule has 1 aromatic carbocycles. The third-order valence-corrected chi connectivity index (χ3v) is 2.61. The van der Waals surface area contributed by atoms with Gasteiger partial charge in [-0.3, -0.25) is 0 Å². The van der Waals surface area contributed by atoms with Crippen LogP contribution in [0.15, 0.2) is 18.2 Å². The second kappa shape index (κ2) is 5.05. The molecule has 0 aliphatic carbocycles. The normalized spacial score (nSPS) is 17.4. The molecule has 0 fully saturated rings. The van der Waals surface area contributed by atoms with Gasteiger partial charge in [0.15, 0.2) is 6.10 Å². The fourth-order valence-electron chi connectivity index (χ4n) is 1.71. The number of aliphatic carboxylic acids is 1. The monoisotopic (exact) mass is 237 g/mol. The van der Waals surface area contributed by atoms with Crippen molar-refractivity contribution in [1.82, 2.24) is 0 Å². The topological polar surface area (TPSA) is 81.8 Å². The number of hydrogen-bond donors (Lipinski definition) is 2. The van der Waals surface area contributed by atoms with Crippen LogP contribution in [0.25, 0.3) is 0 Å². The van der Waals surface area contributed by atoms with E-state index in [0.29, 0.717) is 31.1 Å². The number of carbonyl (C=O) groups is 1. The minimum atomic E-state index is -0.938. The molecule has 5 heteroatoms. The first-order valence-electron chi connectivity index (χ1n) is 5.56. The summed E-state index contributed by atoms with van der Waals surface area (Å²) < 4.78 is 10.8. The second-order valence-corrected chi connectivity index (χ2v) is 3.91. The molecule has 1 heterocycles. The zero-order valence-corrected chi connectivity index (χ0v) is 9.39. The molecule has 92 valence electrons. The van der Waals surface area contributed by atoms with Crippen LogP contribution in [0.4, 0.5) is 0 Å². The Morgan fingerprint density at radius 2 is 2.41 bits per heavy atom. The largest absolute Gasteiger partial charge is 0.493 e. The van der Waals surface area contributed by atoms with Crippen LogP contribution >= 0.6 is 0 Å². The van der Waals surface area contributed by atoms with Gasteiger partial charge in [0.25, 0.3) is 0 Å². The van der Waals surface area contributed by atoms with Gasteiger partial charge in [0.1, 0.15) is 11.5 Å². The summed E-state index contributed by atoms with van der Waals surface area (Å²) in [4.78, 5) is 10.8. The minimum Gasteiger partial charge on any atom is -0.493 e. The molecule has 0 saturated heterocycles. The van der Waals surface area contributed by atoms with Gasteiger partial charge in [-0.15, -0.1) is 0 Å². The van der Waals surface area contributed by atoms with Crippen molar-refractivity contribution < 1.29 is 19.4 Å². The van der Waals surface area contributed by atoms with Gasteiger partial charge in [-0.05, 0) is 24.6 Å². The van der Waals surface area contributed by atoms with E-state index in [1.165, 1.54) is 0 Å². The average Bonchev–Trinajstić information content (AvgIpc) is 2.72. The third kappa shape index (κ3) is 2.68. The van der Waals surface area contributed by atoms with Crippen LogP contribution in [-0.4, -0.2) is 30.3 Å². The molecule has 3 N–H and O–H groups in total. The molecule has 17 heavy (non-hydrogen) atoms. The van der Waals surface area contributed by atoms with Crippen LogP contribution in [0.5, 0.6) is 11.5 Å². The van der Waals surface area contributed by atoms with Crippen molar-refractivity contribution in [1.29, 1.82) is 0 Å². The highest BCUT2D eigenvalue weighted by Gasteiger charge is 2.28. The van der Waals surface area contributed by atoms with Gasteiger partial charge in [0, 0.05) is 12.5 Å². The SMILES string of the molecule is NCCCOc1ccc2c(c1)OC(C(=O)O)C2. The molecule has 0 amide bonds. The van der Waals surface area contributed by atoms with Gasteiger partial charge in [-0.25, -0.2) is 4.79 Å². The molecular weight excluding hydrogens is 222 g/mol. The maximum absolute atomic E-state index is 10.8. The summed E-state index contributed by atoms with van der Waals surface area (Å²) in [6.45, 7) is 1.14. The Morgan fingerprint density at radius 3 is 3.12 bits per heavy atom. The quantitative estimate of drug-likeness (QED) is 0.740. The van der Waals surface area contributed by atoms with E-state index < -0.39 is 12.1 Å². The second-order valence-electron chi connectivity index (χ2n) is 3.91. The number of nitrogens with two attached hydrogens (primary N) is 1. The van der Waals surface area contributed by atoms with Crippen molar-refractivity contribution in [3.63, 3.8) is 0 Å². The summed E-state index contributed by atoms with van der Waals surface area (Å²) >= 11 is 0. The first-order chi connectivity index (χ1) is 8.20. The van der Waals surface area contributed by atoms with Crippen molar-refractivity contribution in [2.24, 2.45) is 5.73 Å². The molecule has 0 saturated carbocycles. The van der Waals surface area contributed by atoms with Gasteiger partial charge >= 0.3 is 5.97 Å². The lowest BCUT2D eigenvalue weighted by molar-refractivity contribution is -0.144. The van der Waals surface area contributed by atoms with Crippen LogP contribution in [-0.2, 0) is 11.2 Å². The van der Waals surface area contributed by atoms with Crippen LogP contribution in [0.1, 0.15) is 12.0 Å². The van der Waals surface area contributed by atoms with E-state index in [0.717, 1.165) is 12.0 Å². The van der Waals surface area contributed by atoms with E-state index in [9.17, 15) is 4.79 Å². The predicted molar refractivity (Wildman–Crippen MR) is 61.4 cm³/mol. The van der Waals surface area contributed by atoms with Crippen LogP contribution in [0.2, 0.25) is 0 Å². The summed E-state index contributed by atoms with van der Waals surface area (Å²) in [7, 11) is 0. The number of carboxylic acid groups (broad SMARTS) is 1. The number of fused-ring (bicyclic) bond motifs is 1. The summed E-state index contributed by atoms with van der Waals surface area (Å²) in [6.07, 6.45) is 0.424. The fraction of sp³-hybridized carbons (Fsp3) is 0.417. The van der Waals surface area contributed by atoms with Gasteiger partial charge in [0.05, 0.1) is 6.61 Å². The van der Waals surface area contributed by atoms with Crippen LogP contribution in [0, 0.1) is 0 Å². The molecular formula is C12H15NO4. The maximum atomic E-state index is 10.8. The first-order valence-corrected chi connectivity index (χ1v) is 5.56. The Hall–Kier alpha value is -1.75. The fourth-order valence-corrected chi connectivity index (χ4v) is 1.71. The predicted octanol–water partition coefficient (Wildman–Crippen LogP) is 0.802. The smallest absolute Gasteiger partial charge is 0.345 e. The standard InChI is InChI=1S/C12H15NO4/c13-4-1-5-16-9-3-2-8-6-11(12(14)15)17-10(8)7-9/h2-3,7,11H,1,4-6,13H2,(H,14,15). The molecule has 0 radical (unpaired) electrons. The molecule has 1 atom stereocenters. The lowest BCUT2D eigenvalue weighted by atomic mass is 10.1. The molecule has 0 aromatic heterocycles. The molecule has 0 bridgehead atoms. The maximum Gasteiger partial charge on any atom is 0.345 e. The van der Waals surface area contributed by atoms with E-state index >= 15 is 0 Å². The third-order valence-electron chi connectivity index (χ3n) is 2.61. The summed E-state index contributed by atoms with van der Waals surface area (Å²) in [5.41, 5.74) is 6.27. The van der Waals surface area contributed by atoms with E-state index in [1.54, 1.807) is 6.07 Å². The summed E-state index contributed by atoms with van der Waals surface area (Å²) in [6, 6.07) is 5.40. The van der Waals surface area contributed by atoms with Crippen molar-refractivity contribution in [2.75, 3.05) is 13.2 Å². The zero-order chi connectivity index (χ0) is 12.3. The minimum absolute atomic E-state index is 0.410. The van der Waals surface area contributed by atoms with Gasteiger partial charge < -0.3 is 20.3 Å². The Bertz CT molecular complexity index is 419. The number of carboxylic acids is 1. The molecule has 0 spiro atoms. The van der Waals surface area contributed by atoms with Crippen molar-refractivity contribution in [2.45, 2.75) is 18.9 Å². The number of ether oxygens (including phenoxy) is 2. The average molecular weight is 237 g/mol. The van der Waals surface area contributed by atoms with Gasteiger partial charge in [-0.1, -0.05) is 6.07 Å². The van der Waals surface area contributed by atoms with E-state index in [4.69, 9.17) is 20.3 Å². The number of rotatable bonds is 5. The van der Waals surface area contributed by atoms with Crippen LogP contribution < -0.4 is 15.2 Å². The van der Waals surface area contributed by atoms with Gasteiger partial charge in [0.2, 0.25) is 0 Å². The van der Waals surface area contributed by atoms with Gasteiger partial charge in [-0.2, -0.15) is 0 Å². The van der Waals surface area contributed by atoms with Crippen molar-refractivity contribution in [3.8, 4) is 11.5 Å². The van der Waals surface area contributed by atoms with Crippen molar-refractivity contribution >= 4 is 5.97 Å². The Balaban J connectivity index is 2.02. The highest BCUT2D eigenvalue weighted by Crippen LogP contribution is 2.32. The van der Waals surface area contributed by atoms with E-state index in [2.05, 4.69) is 0 Å². The lowest BCUT2D eigenvalue weighted by Crippen LogP contribution is -2.24. The molecule has 1 unspecified atom stereocenters. The molecule has 1 aliphatic rings. The number of hydrogen-bond acceptors (Lipinski definition) is 4. The van der Waals surface area contributed by atoms with Crippen LogP contribution in [0.3, 0.4) is 0 Å². The molecule has 1 aromatic rings. The Kier molecular flexibility index (Phi) is 3.49. The highest BCUT2D eigenvalue weighted by molar-refractivity contribution is 5.74. The van der Waals surface area contributed by atoms with E-state index in [-0.39, 0.29) is 0 Å². The Labute approximate surface area is 99.1 Å². The Morgan fingerprint density at radius 1 is 1.59 bits per heavy atom. The molecule has 5 nitrogen and oxygen atoms in total. The van der Waals surface area contributed by atoms with E-state index in [1.807, 2.05) is 12.1 Å². The zero-order valence-electron chi connectivity index (χ0n) is 9.39. The lowest BCUT2D eigenvalue weighted by Gasteiger charge is -2.07. The van der Waals surface area contributed by atoms with Crippen molar-refractivity contribution in [3.05, 3.63) is 23.8 Å². The summed E-state index contributed by atoms with van der Waals surface area (Å²) in [5.74, 6) is 0.345. The molecule has 2 rings (SSSR count). The highest BCUT2D eigenvalue weighted by atomic mass is 16.5.